The van der Waals surface area contributed by atoms with Gasteiger partial charge in [0.15, 0.2) is 6.10 Å². The highest BCUT2D eigenvalue weighted by Crippen LogP contribution is 2.39. The molecule has 1 aromatic rings. The molecule has 6 nitrogen and oxygen atoms in total. The number of unbranched alkanes of at least 4 members (excludes halogenated alkanes) is 1. The molecule has 0 spiro atoms. The highest BCUT2D eigenvalue weighted by Gasteiger charge is 2.19. The lowest BCUT2D eigenvalue weighted by molar-refractivity contribution is -0.155. The Morgan fingerprint density at radius 1 is 1.19 bits per heavy atom. The van der Waals surface area contributed by atoms with E-state index >= 15 is 0 Å². The molecule has 0 saturated carbocycles. The largest absolute Gasteiger partial charge is 0.452 e. The van der Waals surface area contributed by atoms with Gasteiger partial charge in [-0.05, 0) is 38.3 Å². The molecule has 0 aliphatic carbocycles. The van der Waals surface area contributed by atoms with Crippen LogP contribution in [0.2, 0.25) is 0 Å². The maximum absolute atomic E-state index is 11.9. The normalized spacial score (nSPS) is 17.3. The monoisotopic (exact) mass is 396 g/mol. The van der Waals surface area contributed by atoms with Gasteiger partial charge in [-0.15, -0.1) is 0 Å². The second-order valence-corrected chi connectivity index (χ2v) is 8.80. The van der Waals surface area contributed by atoms with E-state index in [9.17, 15) is 14.4 Å². The summed E-state index contributed by atoms with van der Waals surface area (Å²) in [6.45, 7) is 1.48. The smallest absolute Gasteiger partial charge is 0.306 e. The van der Waals surface area contributed by atoms with Crippen molar-refractivity contribution in [2.75, 3.05) is 5.75 Å². The highest BCUT2D eigenvalue weighted by atomic mass is 33.1. The summed E-state index contributed by atoms with van der Waals surface area (Å²) in [6.07, 6.45) is 3.46. The number of amides is 2. The van der Waals surface area contributed by atoms with Gasteiger partial charge in [0.1, 0.15) is 0 Å². The van der Waals surface area contributed by atoms with E-state index < -0.39 is 23.9 Å². The topological polar surface area (TPSA) is 84.5 Å². The number of rotatable bonds is 8. The quantitative estimate of drug-likeness (QED) is 0.304. The molecular formula is C18H24N2O4S2. The maximum atomic E-state index is 11.9. The fourth-order valence-electron chi connectivity index (χ4n) is 2.40. The van der Waals surface area contributed by atoms with Gasteiger partial charge in [-0.2, -0.15) is 0 Å². The summed E-state index contributed by atoms with van der Waals surface area (Å²) in [5, 5.41) is 0.703. The van der Waals surface area contributed by atoms with Crippen LogP contribution < -0.4 is 10.9 Å². The number of esters is 1. The fraction of sp³-hybridized carbons (Fsp3) is 0.500. The minimum absolute atomic E-state index is 0.304. The zero-order valence-electron chi connectivity index (χ0n) is 14.7. The zero-order chi connectivity index (χ0) is 18.8. The molecule has 26 heavy (non-hydrogen) atoms. The van der Waals surface area contributed by atoms with E-state index in [1.54, 1.807) is 30.3 Å². The van der Waals surface area contributed by atoms with Crippen LogP contribution in [-0.4, -0.2) is 34.9 Å². The number of benzene rings is 1. The summed E-state index contributed by atoms with van der Waals surface area (Å²) in [5.41, 5.74) is 5.00. The molecular weight excluding hydrogens is 372 g/mol. The van der Waals surface area contributed by atoms with E-state index in [0.717, 1.165) is 19.3 Å². The molecule has 2 rings (SSSR count). The average Bonchev–Trinajstić information content (AvgIpc) is 3.17. The average molecular weight is 397 g/mol. The molecule has 0 unspecified atom stereocenters. The Kier molecular flexibility index (Phi) is 8.84. The molecule has 0 bridgehead atoms. The molecule has 142 valence electrons. The summed E-state index contributed by atoms with van der Waals surface area (Å²) < 4.78 is 5.11. The van der Waals surface area contributed by atoms with Crippen LogP contribution in [0, 0.1) is 0 Å². The number of carbonyl (C=O) groups is 3. The summed E-state index contributed by atoms with van der Waals surface area (Å²) in [6, 6.07) is 8.51. The Hall–Kier alpha value is -1.67. The number of carbonyl (C=O) groups excluding carboxylic acids is 3. The summed E-state index contributed by atoms with van der Waals surface area (Å²) in [5.74, 6) is -0.178. The Labute approximate surface area is 161 Å². The standard InChI is InChI=1S/C18H24N2O4S2/c1-13(17(22)19-20-18(23)14-7-3-2-4-8-14)24-16(21)10-6-5-9-15-11-12-25-26-15/h2-4,7-8,13,15H,5-6,9-12H2,1H3,(H,19,22)(H,20,23)/t13-,15-/m1/s1. The van der Waals surface area contributed by atoms with E-state index in [1.807, 2.05) is 21.6 Å². The number of hydrogen-bond acceptors (Lipinski definition) is 6. The van der Waals surface area contributed by atoms with E-state index in [-0.39, 0.29) is 0 Å². The van der Waals surface area contributed by atoms with Crippen molar-refractivity contribution < 1.29 is 19.1 Å². The molecule has 1 fully saturated rings. The first-order valence-corrected chi connectivity index (χ1v) is 11.1. The number of ether oxygens (including phenoxy) is 1. The van der Waals surface area contributed by atoms with Crippen molar-refractivity contribution in [2.24, 2.45) is 0 Å². The van der Waals surface area contributed by atoms with Crippen LogP contribution in [0.5, 0.6) is 0 Å². The predicted octanol–water partition coefficient (Wildman–Crippen LogP) is 3.09. The van der Waals surface area contributed by atoms with Crippen LogP contribution in [0.4, 0.5) is 0 Å². The Balaban J connectivity index is 1.59. The van der Waals surface area contributed by atoms with Crippen LogP contribution in [0.1, 0.15) is 49.4 Å². The Bertz CT molecular complexity index is 606. The molecule has 8 heteroatoms. The van der Waals surface area contributed by atoms with E-state index in [0.29, 0.717) is 17.2 Å². The van der Waals surface area contributed by atoms with Crippen molar-refractivity contribution in [3.05, 3.63) is 35.9 Å². The second-order valence-electron chi connectivity index (χ2n) is 6.02. The lowest BCUT2D eigenvalue weighted by Gasteiger charge is -2.14. The molecule has 0 radical (unpaired) electrons. The highest BCUT2D eigenvalue weighted by molar-refractivity contribution is 8.77. The van der Waals surface area contributed by atoms with Crippen molar-refractivity contribution >= 4 is 39.4 Å². The third-order valence-corrected chi connectivity index (χ3v) is 6.90. The van der Waals surface area contributed by atoms with Crippen molar-refractivity contribution in [3.63, 3.8) is 0 Å². The van der Waals surface area contributed by atoms with Crippen LogP contribution >= 0.6 is 21.6 Å². The lowest BCUT2D eigenvalue weighted by atomic mass is 10.1. The molecule has 1 aliphatic heterocycles. The van der Waals surface area contributed by atoms with Gasteiger partial charge in [0.2, 0.25) is 0 Å². The van der Waals surface area contributed by atoms with Crippen molar-refractivity contribution in [1.29, 1.82) is 0 Å². The van der Waals surface area contributed by atoms with Gasteiger partial charge in [-0.25, -0.2) is 0 Å². The van der Waals surface area contributed by atoms with Crippen molar-refractivity contribution in [3.8, 4) is 0 Å². The Morgan fingerprint density at radius 2 is 1.96 bits per heavy atom. The predicted molar refractivity (Wildman–Crippen MR) is 105 cm³/mol. The number of hydrazine groups is 1. The fourth-order valence-corrected chi connectivity index (χ4v) is 5.42. The van der Waals surface area contributed by atoms with Gasteiger partial charge < -0.3 is 4.74 Å². The molecule has 1 aliphatic rings. The van der Waals surface area contributed by atoms with Gasteiger partial charge in [-0.3, -0.25) is 25.2 Å². The number of hydrogen-bond donors (Lipinski definition) is 2. The number of nitrogens with one attached hydrogen (secondary N) is 2. The molecule has 2 atom stereocenters. The van der Waals surface area contributed by atoms with E-state index in [1.165, 1.54) is 19.1 Å². The van der Waals surface area contributed by atoms with Crippen LogP contribution in [0.3, 0.4) is 0 Å². The molecule has 2 amide bonds. The van der Waals surface area contributed by atoms with Gasteiger partial charge in [0.05, 0.1) is 0 Å². The molecule has 1 saturated heterocycles. The second kappa shape index (κ2) is 11.1. The molecule has 1 aromatic carbocycles. The van der Waals surface area contributed by atoms with Crippen LogP contribution in [-0.2, 0) is 14.3 Å². The molecule has 2 N–H and O–H groups in total. The molecule has 0 aromatic heterocycles. The van der Waals surface area contributed by atoms with E-state index in [4.69, 9.17) is 4.74 Å². The van der Waals surface area contributed by atoms with Gasteiger partial charge >= 0.3 is 5.97 Å². The van der Waals surface area contributed by atoms with Gasteiger partial charge in [-0.1, -0.05) is 46.2 Å². The SMILES string of the molecule is C[C@@H](OC(=O)CCCC[C@@H]1CCSS1)C(=O)NNC(=O)c1ccccc1. The van der Waals surface area contributed by atoms with E-state index in [2.05, 4.69) is 10.9 Å². The third kappa shape index (κ3) is 7.29. The summed E-state index contributed by atoms with van der Waals surface area (Å²) >= 11 is 0. The van der Waals surface area contributed by atoms with Crippen molar-refractivity contribution in [1.82, 2.24) is 10.9 Å². The summed E-state index contributed by atoms with van der Waals surface area (Å²) in [7, 11) is 3.85. The van der Waals surface area contributed by atoms with Gasteiger partial charge in [0.25, 0.3) is 11.8 Å². The molecule has 1 heterocycles. The first kappa shape index (κ1) is 20.6. The third-order valence-electron chi connectivity index (χ3n) is 3.90. The van der Waals surface area contributed by atoms with Crippen molar-refractivity contribution in [2.45, 2.75) is 50.4 Å². The summed E-state index contributed by atoms with van der Waals surface area (Å²) in [4.78, 5) is 35.6. The van der Waals surface area contributed by atoms with Crippen LogP contribution in [0.25, 0.3) is 0 Å². The minimum atomic E-state index is -0.958. The van der Waals surface area contributed by atoms with Gasteiger partial charge in [0, 0.05) is 23.0 Å². The zero-order valence-corrected chi connectivity index (χ0v) is 16.4. The van der Waals surface area contributed by atoms with Crippen LogP contribution in [0.15, 0.2) is 30.3 Å². The first-order chi connectivity index (χ1) is 12.6. The minimum Gasteiger partial charge on any atom is -0.452 e. The Morgan fingerprint density at radius 3 is 2.65 bits per heavy atom. The lowest BCUT2D eigenvalue weighted by Crippen LogP contribution is -2.46. The maximum Gasteiger partial charge on any atom is 0.306 e. The first-order valence-electron chi connectivity index (χ1n) is 8.69.